The number of hydrogen-bond acceptors (Lipinski definition) is 16. The molecule has 0 aliphatic carbocycles. The maximum Gasteiger partial charge on any atom is 0.514 e. The molecule has 2 N–H and O–H groups in total. The average Bonchev–Trinajstić information content (AvgIpc) is 4.22. The molecule has 0 spiro atoms. The van der Waals surface area contributed by atoms with Crippen molar-refractivity contribution >= 4 is 48.1 Å². The van der Waals surface area contributed by atoms with Crippen LogP contribution in [0, 0.1) is 23.7 Å². The molecule has 2 aromatic carbocycles. The summed E-state index contributed by atoms with van der Waals surface area (Å²) < 4.78 is 25.6. The normalized spacial score (nSPS) is 18.8. The first kappa shape index (κ1) is 58.5. The molecule has 0 unspecified atom stereocenters. The van der Waals surface area contributed by atoms with Crippen molar-refractivity contribution in [3.8, 4) is 57.8 Å². The summed E-state index contributed by atoms with van der Waals surface area (Å²) in [7, 11) is 6.71. The van der Waals surface area contributed by atoms with Crippen molar-refractivity contribution in [3.63, 3.8) is 0 Å². The number of likely N-dealkylation sites (tertiary alicyclic amines) is 2. The summed E-state index contributed by atoms with van der Waals surface area (Å²) in [5.74, 6) is 9.70. The van der Waals surface area contributed by atoms with Crippen LogP contribution in [0.15, 0.2) is 85.7 Å². The molecule has 2 atom stereocenters. The fraction of sp³-hybridized carbons (Fsp3) is 0.382. The topological polar surface area (TPSA) is 239 Å². The van der Waals surface area contributed by atoms with Gasteiger partial charge in [0.15, 0.2) is 23.0 Å². The van der Waals surface area contributed by atoms with Gasteiger partial charge >= 0.3 is 19.1 Å². The van der Waals surface area contributed by atoms with Gasteiger partial charge in [0.1, 0.15) is 5.15 Å². The number of halogens is 1. The summed E-state index contributed by atoms with van der Waals surface area (Å²) >= 11 is 6.02. The quantitative estimate of drug-likeness (QED) is 0.0888. The lowest BCUT2D eigenvalue weighted by molar-refractivity contribution is -0.138. The molecule has 9 rings (SSSR count). The van der Waals surface area contributed by atoms with Crippen molar-refractivity contribution in [2.24, 2.45) is 14.1 Å². The molecule has 7 heterocycles. The Bertz CT molecular complexity index is 3290. The van der Waals surface area contributed by atoms with Gasteiger partial charge in [-0.25, -0.2) is 39.5 Å². The highest BCUT2D eigenvalue weighted by atomic mass is 35.5. The molecule has 6 aromatic rings. The standard InChI is InChI=1S/C24H23N5O4.C20H18ClN3O4.C10H17BN2O2.CH4/c1-4-33-22(30)19-13-18(20-14-25-15-29(20)3)26-21(27-19)17-7-5-6-16(12-17)8-9-24(32)10-11-28(2)23(24)31;1-3-28-18(25)15-12-16(21)23-17(22-15)14-6-4-5-13(11-14)7-8-20(27)9-10-24(2)19(20)26;1-9(2)10(3,4)15-11(14-9)8-6-12-7-13(8)5;/h5-7,12-15,32H,4,10-11H2,1-3H3;4-6,11-12,27H,3,9-10H2,1-2H3;6-7H,1-5H3;1H4/t24-;20-;;/m00../s1. The van der Waals surface area contributed by atoms with Gasteiger partial charge in [0.25, 0.3) is 11.8 Å². The van der Waals surface area contributed by atoms with Crippen LogP contribution >= 0.6 is 11.6 Å². The number of amides is 2. The van der Waals surface area contributed by atoms with E-state index in [1.54, 1.807) is 112 Å². The van der Waals surface area contributed by atoms with Gasteiger partial charge in [-0.1, -0.05) is 67.0 Å². The van der Waals surface area contributed by atoms with E-state index >= 15 is 0 Å². The zero-order chi connectivity index (χ0) is 55.2. The second-order valence-electron chi connectivity index (χ2n) is 19.0. The minimum Gasteiger partial charge on any atom is -0.461 e. The minimum atomic E-state index is -1.68. The number of imidazole rings is 2. The van der Waals surface area contributed by atoms with Crippen molar-refractivity contribution in [1.82, 2.24) is 48.8 Å². The van der Waals surface area contributed by atoms with E-state index in [2.05, 4.69) is 53.6 Å². The van der Waals surface area contributed by atoms with Crippen molar-refractivity contribution in [2.45, 2.75) is 84.2 Å². The number of hydrogen-bond donors (Lipinski definition) is 2. The monoisotopic (exact) mass is 1070 g/mol. The van der Waals surface area contributed by atoms with Crippen molar-refractivity contribution in [2.75, 3.05) is 40.4 Å². The summed E-state index contributed by atoms with van der Waals surface area (Å²) in [6.45, 7) is 13.0. The van der Waals surface area contributed by atoms with Crippen LogP contribution in [-0.2, 0) is 42.5 Å². The van der Waals surface area contributed by atoms with Gasteiger partial charge < -0.3 is 47.9 Å². The molecule has 0 bridgehead atoms. The lowest BCUT2D eigenvalue weighted by atomic mass is 9.85. The maximum absolute atomic E-state index is 12.4. The van der Waals surface area contributed by atoms with Crippen LogP contribution < -0.4 is 5.59 Å². The maximum atomic E-state index is 12.4. The van der Waals surface area contributed by atoms with Crippen LogP contribution in [0.25, 0.3) is 34.2 Å². The van der Waals surface area contributed by atoms with Crippen molar-refractivity contribution < 1.29 is 48.2 Å². The smallest absolute Gasteiger partial charge is 0.461 e. The minimum absolute atomic E-state index is 0. The van der Waals surface area contributed by atoms with Crippen molar-refractivity contribution in [3.05, 3.63) is 113 Å². The van der Waals surface area contributed by atoms with Crippen LogP contribution in [0.2, 0.25) is 5.15 Å². The molecule has 3 aliphatic rings. The number of aryl methyl sites for hydroxylation is 2. The molecule has 4 aromatic heterocycles. The van der Waals surface area contributed by atoms with Gasteiger partial charge in [-0.15, -0.1) is 0 Å². The molecule has 402 valence electrons. The second kappa shape index (κ2) is 24.0. The first-order chi connectivity index (χ1) is 36.0. The molecule has 77 heavy (non-hydrogen) atoms. The van der Waals surface area contributed by atoms with Crippen LogP contribution in [0.3, 0.4) is 0 Å². The van der Waals surface area contributed by atoms with Crippen molar-refractivity contribution in [1.29, 1.82) is 0 Å². The van der Waals surface area contributed by atoms with Crippen LogP contribution in [0.5, 0.6) is 0 Å². The third-order valence-corrected chi connectivity index (χ3v) is 13.1. The fourth-order valence-corrected chi connectivity index (χ4v) is 7.98. The predicted octanol–water partition coefficient (Wildman–Crippen LogP) is 4.94. The number of nitrogens with zero attached hydrogens (tertiary/aromatic N) is 10. The number of carbonyl (C=O) groups excluding carboxylic acids is 4. The highest BCUT2D eigenvalue weighted by Crippen LogP contribution is 2.36. The second-order valence-corrected chi connectivity index (χ2v) is 19.4. The Morgan fingerprint density at radius 1 is 0.688 bits per heavy atom. The summed E-state index contributed by atoms with van der Waals surface area (Å²) in [5.41, 5.74) is 0.791. The summed E-state index contributed by atoms with van der Waals surface area (Å²) in [6, 6.07) is 16.9. The molecule has 22 heteroatoms. The summed E-state index contributed by atoms with van der Waals surface area (Å²) in [4.78, 5) is 77.0. The fourth-order valence-electron chi connectivity index (χ4n) is 7.80. The highest BCUT2D eigenvalue weighted by Gasteiger charge is 2.52. The first-order valence-corrected chi connectivity index (χ1v) is 24.6. The number of ether oxygens (including phenoxy) is 2. The van der Waals surface area contributed by atoms with E-state index in [0.29, 0.717) is 52.6 Å². The molecule has 0 radical (unpaired) electrons. The van der Waals surface area contributed by atoms with E-state index in [-0.39, 0.29) is 74.2 Å². The summed E-state index contributed by atoms with van der Waals surface area (Å²) in [5, 5.41) is 21.1. The van der Waals surface area contributed by atoms with E-state index in [9.17, 15) is 29.4 Å². The molecule has 3 aliphatic heterocycles. The molecule has 0 saturated carbocycles. The molecular weight excluding hydrogens is 1010 g/mol. The lowest BCUT2D eigenvalue weighted by Gasteiger charge is -2.32. The molecule has 20 nitrogen and oxygen atoms in total. The Morgan fingerprint density at radius 3 is 1.58 bits per heavy atom. The number of likely N-dealkylation sites (N-methyl/N-ethyl adjacent to an activating group) is 2. The zero-order valence-electron chi connectivity index (χ0n) is 43.9. The number of aromatic nitrogens is 8. The molecule has 3 saturated heterocycles. The Hall–Kier alpha value is -7.79. The van der Waals surface area contributed by atoms with E-state index in [1.807, 2.05) is 46.4 Å². The van der Waals surface area contributed by atoms with E-state index in [0.717, 1.165) is 5.59 Å². The molecule has 2 amide bonds. The van der Waals surface area contributed by atoms with Gasteiger partial charge in [-0.05, 0) is 71.9 Å². The predicted molar refractivity (Wildman–Crippen MR) is 288 cm³/mol. The van der Waals surface area contributed by atoms with E-state index < -0.39 is 35.0 Å². The van der Waals surface area contributed by atoms with Gasteiger partial charge in [0.2, 0.25) is 11.2 Å². The first-order valence-electron chi connectivity index (χ1n) is 24.3. The van der Waals surface area contributed by atoms with Crippen LogP contribution in [0.1, 0.15) is 93.9 Å². The van der Waals surface area contributed by atoms with Gasteiger partial charge in [0, 0.05) is 88.6 Å². The third kappa shape index (κ3) is 13.4. The van der Waals surface area contributed by atoms with Gasteiger partial charge in [0.05, 0.1) is 60.2 Å². The van der Waals surface area contributed by atoms with Gasteiger partial charge in [-0.3, -0.25) is 9.59 Å². The molecular formula is C55H62BClN10O10. The number of carbonyl (C=O) groups is 4. The highest BCUT2D eigenvalue weighted by molar-refractivity contribution is 6.61. The number of benzene rings is 2. The summed E-state index contributed by atoms with van der Waals surface area (Å²) in [6.07, 6.45) is 7.34. The largest absolute Gasteiger partial charge is 0.514 e. The van der Waals surface area contributed by atoms with E-state index in [1.165, 1.54) is 15.9 Å². The molecule has 3 fully saturated rings. The SMILES string of the molecule is C.CCOC(=O)c1cc(-c2cncn2C)nc(-c2cccc(C#C[C@]3(O)CCN(C)C3=O)c2)n1.CCOC(=O)c1cc(Cl)nc(-c2cccc(C#C[C@]3(O)CCN(C)C3=O)c2)n1.Cn1cncc1B1OC(C)(C)C(C)(C)O1. The lowest BCUT2D eigenvalue weighted by Crippen LogP contribution is -2.41. The number of aliphatic hydroxyl groups is 2. The third-order valence-electron chi connectivity index (χ3n) is 12.9. The zero-order valence-corrected chi connectivity index (χ0v) is 44.7. The van der Waals surface area contributed by atoms with E-state index in [4.69, 9.17) is 30.4 Å². The Kier molecular flexibility index (Phi) is 18.3. The number of rotatable bonds is 8. The average molecular weight is 1070 g/mol. The van der Waals surface area contributed by atoms with Crippen LogP contribution in [-0.4, -0.2) is 153 Å². The Balaban J connectivity index is 0.000000198. The Labute approximate surface area is 453 Å². The number of esters is 2. The van der Waals surface area contributed by atoms with Gasteiger partial charge in [-0.2, -0.15) is 0 Å². The Morgan fingerprint density at radius 2 is 1.16 bits per heavy atom. The van der Waals surface area contributed by atoms with Crippen LogP contribution in [0.4, 0.5) is 0 Å².